The van der Waals surface area contributed by atoms with E-state index in [-0.39, 0.29) is 0 Å². The van der Waals surface area contributed by atoms with Crippen molar-refractivity contribution in [2.45, 2.75) is 19.8 Å². The molecule has 0 heteroatoms. The van der Waals surface area contributed by atoms with E-state index in [1.165, 1.54) is 50.1 Å². The summed E-state index contributed by atoms with van der Waals surface area (Å²) in [4.78, 5) is 0. The van der Waals surface area contributed by atoms with Crippen LogP contribution in [0.4, 0.5) is 0 Å². The SMILES string of the molecule is Cc1ccc2c(c1)Cc1c-2ccc2c1-c1ccccc1C2. The van der Waals surface area contributed by atoms with Crippen molar-refractivity contribution in [3.05, 3.63) is 82.4 Å². The molecule has 0 unspecified atom stereocenters. The Morgan fingerprint density at radius 1 is 0.667 bits per heavy atom. The smallest absolute Gasteiger partial charge is 0.000708 e. The Kier molecular flexibility index (Phi) is 2.08. The molecule has 0 saturated carbocycles. The lowest BCUT2D eigenvalue weighted by atomic mass is 9.95. The standard InChI is InChI=1S/C21H16/c1-13-6-8-17-16(10-13)12-20-19(17)9-7-15-11-14-4-2-3-5-18(14)21(15)20/h2-10H,11-12H2,1H3. The largest absolute Gasteiger partial charge is 0.0619 e. The summed E-state index contributed by atoms with van der Waals surface area (Å²) >= 11 is 0. The zero-order chi connectivity index (χ0) is 14.0. The normalized spacial score (nSPS) is 13.6. The number of fused-ring (bicyclic) bond motifs is 7. The van der Waals surface area contributed by atoms with Crippen molar-refractivity contribution in [2.24, 2.45) is 0 Å². The van der Waals surface area contributed by atoms with E-state index in [9.17, 15) is 0 Å². The van der Waals surface area contributed by atoms with Crippen LogP contribution in [0.3, 0.4) is 0 Å². The van der Waals surface area contributed by atoms with Gasteiger partial charge in [0, 0.05) is 0 Å². The Labute approximate surface area is 125 Å². The average Bonchev–Trinajstić information content (AvgIpc) is 3.03. The van der Waals surface area contributed by atoms with Gasteiger partial charge in [0.25, 0.3) is 0 Å². The van der Waals surface area contributed by atoms with E-state index < -0.39 is 0 Å². The number of benzene rings is 3. The first-order valence-corrected chi connectivity index (χ1v) is 7.64. The van der Waals surface area contributed by atoms with Gasteiger partial charge in [0.05, 0.1) is 0 Å². The highest BCUT2D eigenvalue weighted by Crippen LogP contribution is 2.47. The fraction of sp³-hybridized carbons (Fsp3) is 0.143. The van der Waals surface area contributed by atoms with Crippen LogP contribution in [-0.2, 0) is 12.8 Å². The van der Waals surface area contributed by atoms with Crippen LogP contribution in [-0.4, -0.2) is 0 Å². The molecule has 3 aromatic carbocycles. The number of hydrogen-bond acceptors (Lipinski definition) is 0. The Morgan fingerprint density at radius 3 is 2.48 bits per heavy atom. The molecule has 0 N–H and O–H groups in total. The van der Waals surface area contributed by atoms with Gasteiger partial charge in [-0.15, -0.1) is 0 Å². The molecule has 0 amide bonds. The quantitative estimate of drug-likeness (QED) is 0.365. The monoisotopic (exact) mass is 268 g/mol. The van der Waals surface area contributed by atoms with Crippen molar-refractivity contribution in [2.75, 3.05) is 0 Å². The fourth-order valence-electron chi connectivity index (χ4n) is 4.06. The Balaban J connectivity index is 1.80. The minimum atomic E-state index is 1.09. The second-order valence-electron chi connectivity index (χ2n) is 6.30. The molecular formula is C21H16. The van der Waals surface area contributed by atoms with E-state index in [1.54, 1.807) is 0 Å². The van der Waals surface area contributed by atoms with Crippen LogP contribution in [0.1, 0.15) is 27.8 Å². The average molecular weight is 268 g/mol. The van der Waals surface area contributed by atoms with Gasteiger partial charge in [0.2, 0.25) is 0 Å². The summed E-state index contributed by atoms with van der Waals surface area (Å²) in [7, 11) is 0. The van der Waals surface area contributed by atoms with Crippen molar-refractivity contribution in [3.63, 3.8) is 0 Å². The molecule has 21 heavy (non-hydrogen) atoms. The number of rotatable bonds is 0. The first kappa shape index (κ1) is 11.3. The van der Waals surface area contributed by atoms with Crippen LogP contribution < -0.4 is 0 Å². The molecule has 0 fully saturated rings. The van der Waals surface area contributed by atoms with Gasteiger partial charge in [-0.3, -0.25) is 0 Å². The maximum atomic E-state index is 2.35. The summed E-state index contributed by atoms with van der Waals surface area (Å²) in [5.41, 5.74) is 13.2. The number of aryl methyl sites for hydroxylation is 1. The molecule has 2 aliphatic carbocycles. The molecule has 0 spiro atoms. The highest BCUT2D eigenvalue weighted by Gasteiger charge is 2.27. The first-order chi connectivity index (χ1) is 10.3. The second kappa shape index (κ2) is 3.85. The molecule has 3 aromatic rings. The Hall–Kier alpha value is -2.34. The van der Waals surface area contributed by atoms with Crippen LogP contribution in [0.15, 0.2) is 54.6 Å². The molecule has 0 aliphatic heterocycles. The van der Waals surface area contributed by atoms with Crippen molar-refractivity contribution >= 4 is 0 Å². The van der Waals surface area contributed by atoms with Gasteiger partial charge in [0.1, 0.15) is 0 Å². The molecule has 0 heterocycles. The lowest BCUT2D eigenvalue weighted by Gasteiger charge is -2.08. The summed E-state index contributed by atoms with van der Waals surface area (Å²) in [5.74, 6) is 0. The summed E-state index contributed by atoms with van der Waals surface area (Å²) in [6.45, 7) is 2.18. The summed E-state index contributed by atoms with van der Waals surface area (Å²) in [6.07, 6.45) is 2.18. The molecular weight excluding hydrogens is 252 g/mol. The van der Waals surface area contributed by atoms with Gasteiger partial charge in [0.15, 0.2) is 0 Å². The van der Waals surface area contributed by atoms with Crippen LogP contribution in [0.25, 0.3) is 22.3 Å². The molecule has 0 saturated heterocycles. The molecule has 0 nitrogen and oxygen atoms in total. The second-order valence-corrected chi connectivity index (χ2v) is 6.30. The van der Waals surface area contributed by atoms with Crippen molar-refractivity contribution in [1.82, 2.24) is 0 Å². The van der Waals surface area contributed by atoms with Gasteiger partial charge >= 0.3 is 0 Å². The lowest BCUT2D eigenvalue weighted by Crippen LogP contribution is -1.88. The third-order valence-electron chi connectivity index (χ3n) is 4.98. The molecule has 5 rings (SSSR count). The molecule has 2 aliphatic rings. The van der Waals surface area contributed by atoms with Gasteiger partial charge in [-0.25, -0.2) is 0 Å². The minimum Gasteiger partial charge on any atom is -0.0619 e. The molecule has 0 radical (unpaired) electrons. The van der Waals surface area contributed by atoms with Crippen LogP contribution in [0.2, 0.25) is 0 Å². The Bertz CT molecular complexity index is 900. The minimum absolute atomic E-state index is 1.09. The molecule has 0 bridgehead atoms. The van der Waals surface area contributed by atoms with Crippen LogP contribution in [0, 0.1) is 6.92 Å². The van der Waals surface area contributed by atoms with Crippen molar-refractivity contribution in [1.29, 1.82) is 0 Å². The third-order valence-corrected chi connectivity index (χ3v) is 4.98. The van der Waals surface area contributed by atoms with Crippen LogP contribution >= 0.6 is 0 Å². The molecule has 0 atom stereocenters. The van der Waals surface area contributed by atoms with Crippen LogP contribution in [0.5, 0.6) is 0 Å². The lowest BCUT2D eigenvalue weighted by molar-refractivity contribution is 1.23. The maximum absolute atomic E-state index is 2.35. The highest BCUT2D eigenvalue weighted by molar-refractivity contribution is 5.89. The van der Waals surface area contributed by atoms with Gasteiger partial charge < -0.3 is 0 Å². The topological polar surface area (TPSA) is 0 Å². The van der Waals surface area contributed by atoms with E-state index in [0.717, 1.165) is 12.8 Å². The third kappa shape index (κ3) is 1.45. The Morgan fingerprint density at radius 2 is 1.52 bits per heavy atom. The summed E-state index contributed by atoms with van der Waals surface area (Å²) < 4.78 is 0. The van der Waals surface area contributed by atoms with Gasteiger partial charge in [-0.1, -0.05) is 60.2 Å². The van der Waals surface area contributed by atoms with E-state index in [0.29, 0.717) is 0 Å². The molecule has 100 valence electrons. The fourth-order valence-corrected chi connectivity index (χ4v) is 4.06. The summed E-state index contributed by atoms with van der Waals surface area (Å²) in [5, 5.41) is 0. The van der Waals surface area contributed by atoms with Crippen molar-refractivity contribution in [3.8, 4) is 22.3 Å². The predicted molar refractivity (Wildman–Crippen MR) is 87.7 cm³/mol. The summed E-state index contributed by atoms with van der Waals surface area (Å²) in [6, 6.07) is 20.4. The van der Waals surface area contributed by atoms with E-state index in [1.807, 2.05) is 0 Å². The van der Waals surface area contributed by atoms with Gasteiger partial charge in [-0.05, 0) is 64.3 Å². The number of hydrogen-bond donors (Lipinski definition) is 0. The highest BCUT2D eigenvalue weighted by atomic mass is 14.3. The zero-order valence-electron chi connectivity index (χ0n) is 12.1. The van der Waals surface area contributed by atoms with E-state index in [2.05, 4.69) is 61.5 Å². The van der Waals surface area contributed by atoms with Crippen molar-refractivity contribution < 1.29 is 0 Å². The van der Waals surface area contributed by atoms with Gasteiger partial charge in [-0.2, -0.15) is 0 Å². The maximum Gasteiger partial charge on any atom is -0.000708 e. The predicted octanol–water partition coefficient (Wildman–Crippen LogP) is 5.14. The first-order valence-electron chi connectivity index (χ1n) is 7.64. The van der Waals surface area contributed by atoms with E-state index in [4.69, 9.17) is 0 Å². The molecule has 0 aromatic heterocycles. The van der Waals surface area contributed by atoms with E-state index >= 15 is 0 Å². The zero-order valence-corrected chi connectivity index (χ0v) is 12.1.